The lowest BCUT2D eigenvalue weighted by Crippen LogP contribution is -2.35. The average Bonchev–Trinajstić information content (AvgIpc) is 2.63. The van der Waals surface area contributed by atoms with E-state index in [4.69, 9.17) is 0 Å². The molecule has 0 amide bonds. The zero-order valence-corrected chi connectivity index (χ0v) is 14.8. The van der Waals surface area contributed by atoms with Crippen LogP contribution in [0, 0.1) is 6.92 Å². The van der Waals surface area contributed by atoms with Crippen molar-refractivity contribution in [1.82, 2.24) is 19.9 Å². The van der Waals surface area contributed by atoms with Crippen LogP contribution in [-0.4, -0.2) is 39.5 Å². The topological polar surface area (TPSA) is 65.1 Å². The van der Waals surface area contributed by atoms with Gasteiger partial charge in [0.1, 0.15) is 11.6 Å². The number of aromatic nitrogens is 3. The summed E-state index contributed by atoms with van der Waals surface area (Å²) in [6.07, 6.45) is 6.67. The first-order chi connectivity index (χ1) is 12.2. The van der Waals surface area contributed by atoms with Gasteiger partial charge in [-0.25, -0.2) is 9.97 Å². The molecule has 4 rings (SSSR count). The van der Waals surface area contributed by atoms with E-state index >= 15 is 0 Å². The Morgan fingerprint density at radius 1 is 1.16 bits per heavy atom. The lowest BCUT2D eigenvalue weighted by Gasteiger charge is -2.29. The Hall–Kier alpha value is -2.21. The first kappa shape index (κ1) is 16.3. The summed E-state index contributed by atoms with van der Waals surface area (Å²) in [4.78, 5) is 28.8. The molecular weight excluding hydrogens is 314 g/mol. The molecule has 6 heteroatoms. The van der Waals surface area contributed by atoms with Crippen LogP contribution >= 0.6 is 0 Å². The van der Waals surface area contributed by atoms with Gasteiger partial charge < -0.3 is 9.88 Å². The highest BCUT2D eigenvalue weighted by Gasteiger charge is 2.21. The standard InChI is InChI=1S/C19H25N5O/c1-14-21-17-7-10-23(13-16(17)19(25)22-14)12-15-5-6-18(20-11-15)24-8-3-2-4-9-24/h5-6,11H,2-4,7-10,12-13H2,1H3,(H,21,22,25). The number of nitrogens with zero attached hydrogens (tertiary/aromatic N) is 4. The molecule has 2 aliphatic heterocycles. The first-order valence-corrected chi connectivity index (χ1v) is 9.20. The van der Waals surface area contributed by atoms with E-state index in [1.165, 1.54) is 24.8 Å². The highest BCUT2D eigenvalue weighted by Crippen LogP contribution is 2.20. The van der Waals surface area contributed by atoms with E-state index in [9.17, 15) is 4.79 Å². The highest BCUT2D eigenvalue weighted by molar-refractivity contribution is 5.39. The second kappa shape index (κ2) is 6.96. The number of fused-ring (bicyclic) bond motifs is 1. The number of anilines is 1. The van der Waals surface area contributed by atoms with Crippen molar-refractivity contribution >= 4 is 5.82 Å². The molecule has 2 aliphatic rings. The minimum Gasteiger partial charge on any atom is -0.357 e. The zero-order valence-electron chi connectivity index (χ0n) is 14.8. The smallest absolute Gasteiger partial charge is 0.255 e. The van der Waals surface area contributed by atoms with Gasteiger partial charge in [-0.05, 0) is 37.8 Å². The van der Waals surface area contributed by atoms with E-state index in [1.807, 2.05) is 13.1 Å². The summed E-state index contributed by atoms with van der Waals surface area (Å²) < 4.78 is 0. The molecule has 25 heavy (non-hydrogen) atoms. The first-order valence-electron chi connectivity index (χ1n) is 9.20. The molecule has 0 unspecified atom stereocenters. The average molecular weight is 339 g/mol. The molecule has 132 valence electrons. The maximum Gasteiger partial charge on any atom is 0.255 e. The van der Waals surface area contributed by atoms with Gasteiger partial charge in [0.2, 0.25) is 0 Å². The summed E-state index contributed by atoms with van der Waals surface area (Å²) in [5.41, 5.74) is 2.97. The Balaban J connectivity index is 1.43. The normalized spacial score (nSPS) is 18.2. The van der Waals surface area contributed by atoms with Gasteiger partial charge in [-0.3, -0.25) is 9.69 Å². The molecule has 6 nitrogen and oxygen atoms in total. The van der Waals surface area contributed by atoms with Crippen LogP contribution in [0.15, 0.2) is 23.1 Å². The van der Waals surface area contributed by atoms with Crippen LogP contribution in [0.5, 0.6) is 0 Å². The lowest BCUT2D eigenvalue weighted by atomic mass is 10.1. The van der Waals surface area contributed by atoms with E-state index in [1.54, 1.807) is 0 Å². The summed E-state index contributed by atoms with van der Waals surface area (Å²) >= 11 is 0. The molecule has 0 bridgehead atoms. The summed E-state index contributed by atoms with van der Waals surface area (Å²) in [5.74, 6) is 1.79. The van der Waals surface area contributed by atoms with Crippen LogP contribution in [0.1, 0.15) is 41.9 Å². The van der Waals surface area contributed by atoms with Crippen molar-refractivity contribution in [2.45, 2.75) is 45.7 Å². The molecule has 0 saturated carbocycles. The summed E-state index contributed by atoms with van der Waals surface area (Å²) in [6, 6.07) is 4.31. The summed E-state index contributed by atoms with van der Waals surface area (Å²) in [5, 5.41) is 0. The van der Waals surface area contributed by atoms with Crippen molar-refractivity contribution in [3.8, 4) is 0 Å². The minimum atomic E-state index is 0.00534. The molecule has 1 N–H and O–H groups in total. The van der Waals surface area contributed by atoms with Crippen molar-refractivity contribution in [1.29, 1.82) is 0 Å². The summed E-state index contributed by atoms with van der Waals surface area (Å²) in [6.45, 7) is 6.47. The van der Waals surface area contributed by atoms with E-state index < -0.39 is 0 Å². The predicted molar refractivity (Wildman–Crippen MR) is 97.7 cm³/mol. The van der Waals surface area contributed by atoms with E-state index in [0.717, 1.165) is 49.7 Å². The fourth-order valence-corrected chi connectivity index (χ4v) is 3.82. The van der Waals surface area contributed by atoms with Gasteiger partial charge in [0.25, 0.3) is 5.56 Å². The van der Waals surface area contributed by atoms with Crippen molar-refractivity contribution in [2.75, 3.05) is 24.5 Å². The fraction of sp³-hybridized carbons (Fsp3) is 0.526. The van der Waals surface area contributed by atoms with E-state index in [-0.39, 0.29) is 5.56 Å². The molecule has 4 heterocycles. The fourth-order valence-electron chi connectivity index (χ4n) is 3.82. The van der Waals surface area contributed by atoms with Gasteiger partial charge in [0.15, 0.2) is 0 Å². The maximum atomic E-state index is 12.2. The number of pyridine rings is 1. The van der Waals surface area contributed by atoms with Crippen LogP contribution in [0.3, 0.4) is 0 Å². The minimum absolute atomic E-state index is 0.00534. The van der Waals surface area contributed by atoms with Crippen LogP contribution in [0.25, 0.3) is 0 Å². The second-order valence-electron chi connectivity index (χ2n) is 7.11. The number of aryl methyl sites for hydroxylation is 1. The monoisotopic (exact) mass is 339 g/mol. The molecule has 0 aromatic carbocycles. The molecular formula is C19H25N5O. The van der Waals surface area contributed by atoms with Crippen LogP contribution in [-0.2, 0) is 19.5 Å². The molecule has 2 aromatic rings. The third-order valence-corrected chi connectivity index (χ3v) is 5.16. The Morgan fingerprint density at radius 3 is 2.76 bits per heavy atom. The number of aromatic amines is 1. The molecule has 0 spiro atoms. The third-order valence-electron chi connectivity index (χ3n) is 5.16. The molecule has 1 fully saturated rings. The van der Waals surface area contributed by atoms with Crippen molar-refractivity contribution in [2.24, 2.45) is 0 Å². The Kier molecular flexibility index (Phi) is 4.53. The van der Waals surface area contributed by atoms with Crippen molar-refractivity contribution < 1.29 is 0 Å². The second-order valence-corrected chi connectivity index (χ2v) is 7.11. The van der Waals surface area contributed by atoms with E-state index in [2.05, 4.69) is 36.9 Å². The van der Waals surface area contributed by atoms with Gasteiger partial charge in [0.05, 0.1) is 11.3 Å². The van der Waals surface area contributed by atoms with Gasteiger partial charge >= 0.3 is 0 Å². The Bertz CT molecular complexity index is 792. The van der Waals surface area contributed by atoms with Gasteiger partial charge in [-0.15, -0.1) is 0 Å². The largest absolute Gasteiger partial charge is 0.357 e. The van der Waals surface area contributed by atoms with Crippen LogP contribution < -0.4 is 10.5 Å². The van der Waals surface area contributed by atoms with Gasteiger partial charge in [0, 0.05) is 45.3 Å². The number of H-pyrrole nitrogens is 1. The Labute approximate surface area is 147 Å². The highest BCUT2D eigenvalue weighted by atomic mass is 16.1. The van der Waals surface area contributed by atoms with E-state index in [0.29, 0.717) is 12.4 Å². The van der Waals surface area contributed by atoms with Crippen LogP contribution in [0.4, 0.5) is 5.82 Å². The number of nitrogens with one attached hydrogen (secondary N) is 1. The zero-order chi connectivity index (χ0) is 17.2. The lowest BCUT2D eigenvalue weighted by molar-refractivity contribution is 0.241. The number of rotatable bonds is 3. The van der Waals surface area contributed by atoms with Gasteiger partial charge in [-0.1, -0.05) is 6.07 Å². The maximum absolute atomic E-state index is 12.2. The predicted octanol–water partition coefficient (Wildman–Crippen LogP) is 2.02. The number of piperidine rings is 1. The molecule has 0 atom stereocenters. The van der Waals surface area contributed by atoms with Crippen molar-refractivity contribution in [3.05, 3.63) is 51.3 Å². The Morgan fingerprint density at radius 2 is 2.00 bits per heavy atom. The quantitative estimate of drug-likeness (QED) is 0.927. The molecule has 1 saturated heterocycles. The molecule has 0 radical (unpaired) electrons. The van der Waals surface area contributed by atoms with Crippen LogP contribution in [0.2, 0.25) is 0 Å². The summed E-state index contributed by atoms with van der Waals surface area (Å²) in [7, 11) is 0. The number of hydrogen-bond donors (Lipinski definition) is 1. The molecule has 0 aliphatic carbocycles. The SMILES string of the molecule is Cc1nc2c(c(=O)[nH]1)CN(Cc1ccc(N3CCCCC3)nc1)CC2. The van der Waals surface area contributed by atoms with Gasteiger partial charge in [-0.2, -0.15) is 0 Å². The molecule has 2 aromatic heterocycles. The number of hydrogen-bond acceptors (Lipinski definition) is 5. The third kappa shape index (κ3) is 3.58. The van der Waals surface area contributed by atoms with Crippen molar-refractivity contribution in [3.63, 3.8) is 0 Å².